The number of amides is 1. The molecule has 0 aliphatic carbocycles. The first-order valence-electron chi connectivity index (χ1n) is 6.07. The minimum Gasteiger partial charge on any atom is -0.492 e. The van der Waals surface area contributed by atoms with Crippen molar-refractivity contribution in [2.75, 3.05) is 33.3 Å². The molecule has 0 fully saturated rings. The summed E-state index contributed by atoms with van der Waals surface area (Å²) in [7, 11) is 1.75. The van der Waals surface area contributed by atoms with Crippen LogP contribution >= 0.6 is 11.6 Å². The lowest BCUT2D eigenvalue weighted by Crippen LogP contribution is -2.37. The number of nitrogens with zero attached hydrogens (tertiary/aromatic N) is 1. The third-order valence-corrected chi connectivity index (χ3v) is 2.72. The van der Waals surface area contributed by atoms with Crippen molar-refractivity contribution in [3.05, 3.63) is 41.9 Å². The average Bonchev–Trinajstić information content (AvgIpc) is 2.39. The molecule has 0 unspecified atom stereocenters. The molecule has 1 aromatic rings. The van der Waals surface area contributed by atoms with Crippen LogP contribution in [0.4, 0.5) is 0 Å². The number of hydrogen-bond acceptors (Lipinski definition) is 3. The lowest BCUT2D eigenvalue weighted by atomic mass is 10.3. The number of rotatable bonds is 8. The fourth-order valence-corrected chi connectivity index (χ4v) is 1.58. The highest BCUT2D eigenvalue weighted by atomic mass is 35.5. The number of nitrogens with one attached hydrogen (secondary N) is 1. The van der Waals surface area contributed by atoms with Crippen molar-refractivity contribution in [1.82, 2.24) is 10.2 Å². The Balaban J connectivity index is 2.24. The van der Waals surface area contributed by atoms with Crippen LogP contribution in [0.3, 0.4) is 0 Å². The van der Waals surface area contributed by atoms with Crippen LogP contribution in [0.15, 0.2) is 36.9 Å². The molecular formula is C14H19ClN2O2. The molecular weight excluding hydrogens is 264 g/mol. The monoisotopic (exact) mass is 282 g/mol. The molecule has 0 spiro atoms. The molecule has 1 rings (SSSR count). The van der Waals surface area contributed by atoms with Gasteiger partial charge in [-0.1, -0.05) is 23.7 Å². The summed E-state index contributed by atoms with van der Waals surface area (Å²) in [6, 6.07) is 7.19. The van der Waals surface area contributed by atoms with Gasteiger partial charge in [0.2, 0.25) is 5.91 Å². The molecule has 0 atom stereocenters. The maximum atomic E-state index is 11.7. The van der Waals surface area contributed by atoms with E-state index in [1.807, 2.05) is 12.1 Å². The van der Waals surface area contributed by atoms with E-state index in [0.29, 0.717) is 37.0 Å². The van der Waals surface area contributed by atoms with Crippen LogP contribution in [0.5, 0.6) is 5.75 Å². The number of ether oxygens (including phenoxy) is 1. The van der Waals surface area contributed by atoms with Crippen molar-refractivity contribution < 1.29 is 9.53 Å². The second kappa shape index (κ2) is 8.56. The zero-order valence-corrected chi connectivity index (χ0v) is 11.8. The predicted octanol–water partition coefficient (Wildman–Crippen LogP) is 1.95. The normalized spacial score (nSPS) is 10.0. The van der Waals surface area contributed by atoms with Crippen molar-refractivity contribution in [1.29, 1.82) is 0 Å². The van der Waals surface area contributed by atoms with Gasteiger partial charge in [-0.15, -0.1) is 6.58 Å². The zero-order valence-electron chi connectivity index (χ0n) is 11.1. The molecule has 104 valence electrons. The molecule has 0 saturated carbocycles. The highest BCUT2D eigenvalue weighted by Crippen LogP contribution is 2.16. The quantitative estimate of drug-likeness (QED) is 0.585. The highest BCUT2D eigenvalue weighted by Gasteiger charge is 2.07. The zero-order chi connectivity index (χ0) is 14.1. The van der Waals surface area contributed by atoms with Crippen LogP contribution in [-0.2, 0) is 4.79 Å². The Morgan fingerprint density at radius 3 is 3.05 bits per heavy atom. The molecule has 5 heteroatoms. The maximum Gasteiger partial charge on any atom is 0.236 e. The van der Waals surface area contributed by atoms with Crippen molar-refractivity contribution in [2.24, 2.45) is 0 Å². The summed E-state index contributed by atoms with van der Waals surface area (Å²) in [5, 5.41) is 3.60. The van der Waals surface area contributed by atoms with Crippen LogP contribution in [0, 0.1) is 0 Å². The van der Waals surface area contributed by atoms with Gasteiger partial charge in [-0.3, -0.25) is 4.79 Å². The molecule has 1 amide bonds. The van der Waals surface area contributed by atoms with Gasteiger partial charge in [-0.05, 0) is 18.2 Å². The van der Waals surface area contributed by atoms with Crippen LogP contribution in [-0.4, -0.2) is 44.1 Å². The van der Waals surface area contributed by atoms with Crippen molar-refractivity contribution in [3.8, 4) is 5.75 Å². The van der Waals surface area contributed by atoms with Gasteiger partial charge < -0.3 is 15.0 Å². The first-order chi connectivity index (χ1) is 9.13. The smallest absolute Gasteiger partial charge is 0.236 e. The van der Waals surface area contributed by atoms with E-state index >= 15 is 0 Å². The molecule has 0 radical (unpaired) electrons. The fraction of sp³-hybridized carbons (Fsp3) is 0.357. The van der Waals surface area contributed by atoms with Gasteiger partial charge in [0.25, 0.3) is 0 Å². The molecule has 4 nitrogen and oxygen atoms in total. The standard InChI is InChI=1S/C14H19ClN2O2/c1-3-7-16-11-14(18)17(2)8-9-19-13-6-4-5-12(15)10-13/h3-6,10,16H,1,7-9,11H2,2H3. The summed E-state index contributed by atoms with van der Waals surface area (Å²) in [6.45, 7) is 5.47. The van der Waals surface area contributed by atoms with Gasteiger partial charge in [-0.2, -0.15) is 0 Å². The predicted molar refractivity (Wildman–Crippen MR) is 77.7 cm³/mol. The topological polar surface area (TPSA) is 41.6 Å². The first-order valence-corrected chi connectivity index (χ1v) is 6.45. The van der Waals surface area contributed by atoms with Crippen molar-refractivity contribution in [2.45, 2.75) is 0 Å². The number of likely N-dealkylation sites (N-methyl/N-ethyl adjacent to an activating group) is 1. The Hall–Kier alpha value is -1.52. The number of halogens is 1. The molecule has 19 heavy (non-hydrogen) atoms. The van der Waals surface area contributed by atoms with Gasteiger partial charge in [0.1, 0.15) is 12.4 Å². The van der Waals surface area contributed by atoms with Crippen molar-refractivity contribution in [3.63, 3.8) is 0 Å². The van der Waals surface area contributed by atoms with Gasteiger partial charge >= 0.3 is 0 Å². The highest BCUT2D eigenvalue weighted by molar-refractivity contribution is 6.30. The number of benzene rings is 1. The number of carbonyl (C=O) groups is 1. The minimum atomic E-state index is 0.0246. The molecule has 0 heterocycles. The van der Waals surface area contributed by atoms with Crippen LogP contribution in [0.2, 0.25) is 5.02 Å². The van der Waals surface area contributed by atoms with Crippen molar-refractivity contribution >= 4 is 17.5 Å². The second-order valence-electron chi connectivity index (χ2n) is 4.04. The minimum absolute atomic E-state index is 0.0246. The first kappa shape index (κ1) is 15.5. The third kappa shape index (κ3) is 6.27. The molecule has 0 aliphatic heterocycles. The summed E-state index contributed by atoms with van der Waals surface area (Å²) in [4.78, 5) is 13.3. The molecule has 0 aliphatic rings. The van der Waals surface area contributed by atoms with Gasteiger partial charge in [0, 0.05) is 18.6 Å². The van der Waals surface area contributed by atoms with E-state index in [-0.39, 0.29) is 5.91 Å². The maximum absolute atomic E-state index is 11.7. The third-order valence-electron chi connectivity index (χ3n) is 2.48. The van der Waals surface area contributed by atoms with E-state index in [2.05, 4.69) is 11.9 Å². The molecule has 0 bridgehead atoms. The fourth-order valence-electron chi connectivity index (χ4n) is 1.40. The largest absolute Gasteiger partial charge is 0.492 e. The Kier molecular flexibility index (Phi) is 7.00. The number of hydrogen-bond donors (Lipinski definition) is 1. The van der Waals surface area contributed by atoms with Crippen LogP contribution < -0.4 is 10.1 Å². The molecule has 0 aromatic heterocycles. The molecule has 0 saturated heterocycles. The van der Waals surface area contributed by atoms with E-state index in [1.54, 1.807) is 30.2 Å². The Bertz CT molecular complexity index is 424. The van der Waals surface area contributed by atoms with Crippen LogP contribution in [0.25, 0.3) is 0 Å². The lowest BCUT2D eigenvalue weighted by molar-refractivity contribution is -0.129. The van der Waals surface area contributed by atoms with E-state index in [1.165, 1.54) is 0 Å². The van der Waals surface area contributed by atoms with E-state index < -0.39 is 0 Å². The second-order valence-corrected chi connectivity index (χ2v) is 4.48. The van der Waals surface area contributed by atoms with E-state index in [9.17, 15) is 4.79 Å². The summed E-state index contributed by atoms with van der Waals surface area (Å²) in [5.41, 5.74) is 0. The molecule has 1 N–H and O–H groups in total. The van der Waals surface area contributed by atoms with Crippen LogP contribution in [0.1, 0.15) is 0 Å². The van der Waals surface area contributed by atoms with Gasteiger partial charge in [-0.25, -0.2) is 0 Å². The van der Waals surface area contributed by atoms with E-state index in [0.717, 1.165) is 0 Å². The Morgan fingerprint density at radius 2 is 2.37 bits per heavy atom. The summed E-state index contributed by atoms with van der Waals surface area (Å²) >= 11 is 5.85. The average molecular weight is 283 g/mol. The Morgan fingerprint density at radius 1 is 1.58 bits per heavy atom. The summed E-state index contributed by atoms with van der Waals surface area (Å²) < 4.78 is 5.52. The number of carbonyl (C=O) groups excluding carboxylic acids is 1. The van der Waals surface area contributed by atoms with Gasteiger partial charge in [0.15, 0.2) is 0 Å². The summed E-state index contributed by atoms with van der Waals surface area (Å²) in [6.07, 6.45) is 1.72. The van der Waals surface area contributed by atoms with E-state index in [4.69, 9.17) is 16.3 Å². The Labute approximate surface area is 119 Å². The van der Waals surface area contributed by atoms with Gasteiger partial charge in [0.05, 0.1) is 13.1 Å². The SMILES string of the molecule is C=CCNCC(=O)N(C)CCOc1cccc(Cl)c1. The molecule has 1 aromatic carbocycles. The lowest BCUT2D eigenvalue weighted by Gasteiger charge is -2.17. The summed E-state index contributed by atoms with van der Waals surface area (Å²) in [5.74, 6) is 0.731.